The van der Waals surface area contributed by atoms with Gasteiger partial charge in [-0.3, -0.25) is 9.59 Å². The molecular formula is C21H21N3O4S2. The molecule has 0 atom stereocenters. The number of H-pyrrole nitrogens is 1. The Hall–Kier alpha value is -2.91. The van der Waals surface area contributed by atoms with Gasteiger partial charge in [-0.2, -0.15) is 0 Å². The number of amides is 1. The number of nitrogens with one attached hydrogen (secondary N) is 2. The van der Waals surface area contributed by atoms with Crippen molar-refractivity contribution < 1.29 is 13.2 Å². The first-order valence-electron chi connectivity index (χ1n) is 9.08. The van der Waals surface area contributed by atoms with E-state index >= 15 is 0 Å². The lowest BCUT2D eigenvalue weighted by atomic mass is 10.2. The number of aryl methyl sites for hydroxylation is 3. The van der Waals surface area contributed by atoms with Gasteiger partial charge in [-0.1, -0.05) is 36.0 Å². The van der Waals surface area contributed by atoms with E-state index in [2.05, 4.69) is 15.3 Å². The second-order valence-electron chi connectivity index (χ2n) is 6.86. The molecule has 30 heavy (non-hydrogen) atoms. The molecule has 1 heterocycles. The van der Waals surface area contributed by atoms with Crippen molar-refractivity contribution in [2.75, 3.05) is 11.1 Å². The van der Waals surface area contributed by atoms with Gasteiger partial charge in [0.25, 0.3) is 5.56 Å². The zero-order valence-corrected chi connectivity index (χ0v) is 18.4. The van der Waals surface area contributed by atoms with Crippen molar-refractivity contribution in [2.45, 2.75) is 35.7 Å². The second kappa shape index (κ2) is 8.85. The first kappa shape index (κ1) is 21.8. The van der Waals surface area contributed by atoms with Crippen LogP contribution in [0, 0.1) is 20.8 Å². The van der Waals surface area contributed by atoms with Crippen molar-refractivity contribution in [3.63, 3.8) is 0 Å². The number of aromatic amines is 1. The number of benzene rings is 2. The van der Waals surface area contributed by atoms with Crippen LogP contribution >= 0.6 is 11.8 Å². The number of carbonyl (C=O) groups is 1. The average molecular weight is 444 g/mol. The van der Waals surface area contributed by atoms with Crippen LogP contribution in [0.1, 0.15) is 16.7 Å². The van der Waals surface area contributed by atoms with Crippen LogP contribution in [0.15, 0.2) is 68.4 Å². The van der Waals surface area contributed by atoms with Crippen LogP contribution in [0.4, 0.5) is 5.69 Å². The third kappa shape index (κ3) is 4.98. The minimum absolute atomic E-state index is 0.0139. The summed E-state index contributed by atoms with van der Waals surface area (Å²) in [7, 11) is -4.01. The van der Waals surface area contributed by atoms with E-state index in [1.54, 1.807) is 32.0 Å². The van der Waals surface area contributed by atoms with E-state index < -0.39 is 20.3 Å². The maximum atomic E-state index is 12.9. The van der Waals surface area contributed by atoms with Gasteiger partial charge >= 0.3 is 0 Å². The van der Waals surface area contributed by atoms with Gasteiger partial charge in [0.15, 0.2) is 10.1 Å². The zero-order valence-electron chi connectivity index (χ0n) is 16.7. The van der Waals surface area contributed by atoms with Crippen molar-refractivity contribution in [3.05, 3.63) is 75.7 Å². The summed E-state index contributed by atoms with van der Waals surface area (Å²) in [5.41, 5.74) is 2.25. The Balaban J connectivity index is 1.74. The summed E-state index contributed by atoms with van der Waals surface area (Å²) in [6.45, 7) is 5.38. The summed E-state index contributed by atoms with van der Waals surface area (Å²) in [6.07, 6.45) is 1.04. The van der Waals surface area contributed by atoms with E-state index in [0.29, 0.717) is 11.3 Å². The molecule has 9 heteroatoms. The molecule has 0 fully saturated rings. The molecule has 2 aromatic carbocycles. The molecule has 0 radical (unpaired) electrons. The molecule has 7 nitrogen and oxygen atoms in total. The number of hydrogen-bond acceptors (Lipinski definition) is 6. The van der Waals surface area contributed by atoms with E-state index in [1.807, 2.05) is 25.1 Å². The van der Waals surface area contributed by atoms with Crippen LogP contribution < -0.4 is 10.9 Å². The van der Waals surface area contributed by atoms with E-state index in [4.69, 9.17) is 0 Å². The molecule has 0 aliphatic heterocycles. The molecule has 3 rings (SSSR count). The van der Waals surface area contributed by atoms with E-state index in [1.165, 1.54) is 6.07 Å². The van der Waals surface area contributed by atoms with Gasteiger partial charge in [-0.15, -0.1) is 0 Å². The first-order valence-corrected chi connectivity index (χ1v) is 11.5. The molecule has 3 aromatic rings. The Morgan fingerprint density at radius 1 is 1.07 bits per heavy atom. The van der Waals surface area contributed by atoms with Gasteiger partial charge in [-0.25, -0.2) is 13.4 Å². The van der Waals surface area contributed by atoms with E-state index in [0.717, 1.165) is 29.1 Å². The van der Waals surface area contributed by atoms with Crippen molar-refractivity contribution in [2.24, 2.45) is 0 Å². The number of aromatic nitrogens is 2. The van der Waals surface area contributed by atoms with Crippen molar-refractivity contribution in [3.8, 4) is 0 Å². The van der Waals surface area contributed by atoms with Crippen LogP contribution in [0.2, 0.25) is 0 Å². The SMILES string of the molecule is Cc1cccc(NC(=O)CSc2ncc(S(=O)(=O)c3cc(C)ccc3C)c(=O)[nH]2)c1. The monoisotopic (exact) mass is 443 g/mol. The smallest absolute Gasteiger partial charge is 0.270 e. The fraction of sp³-hybridized carbons (Fsp3) is 0.190. The number of thioether (sulfide) groups is 1. The predicted octanol–water partition coefficient (Wildman–Crippen LogP) is 3.26. The second-order valence-corrected chi connectivity index (χ2v) is 9.71. The molecule has 0 unspecified atom stereocenters. The maximum Gasteiger partial charge on any atom is 0.270 e. The van der Waals surface area contributed by atoms with E-state index in [9.17, 15) is 18.0 Å². The van der Waals surface area contributed by atoms with Gasteiger partial charge in [0.05, 0.1) is 16.8 Å². The highest BCUT2D eigenvalue weighted by atomic mass is 32.2. The average Bonchev–Trinajstić information content (AvgIpc) is 2.68. The number of rotatable bonds is 6. The minimum atomic E-state index is -4.01. The minimum Gasteiger partial charge on any atom is -0.325 e. The largest absolute Gasteiger partial charge is 0.325 e. The molecule has 0 spiro atoms. The molecule has 0 bridgehead atoms. The molecule has 0 aliphatic rings. The molecule has 0 saturated heterocycles. The Kier molecular flexibility index (Phi) is 6.42. The van der Waals surface area contributed by atoms with Crippen LogP contribution in [0.5, 0.6) is 0 Å². The van der Waals surface area contributed by atoms with Gasteiger partial charge in [0.2, 0.25) is 15.7 Å². The summed E-state index contributed by atoms with van der Waals surface area (Å²) in [5, 5.41) is 2.93. The summed E-state index contributed by atoms with van der Waals surface area (Å²) in [6, 6.07) is 12.4. The Morgan fingerprint density at radius 3 is 2.50 bits per heavy atom. The molecule has 156 valence electrons. The normalized spacial score (nSPS) is 11.3. The quantitative estimate of drug-likeness (QED) is 0.447. The van der Waals surface area contributed by atoms with Gasteiger partial charge in [0.1, 0.15) is 0 Å². The topological polar surface area (TPSA) is 109 Å². The summed E-state index contributed by atoms with van der Waals surface area (Å²) in [4.78, 5) is 30.7. The lowest BCUT2D eigenvalue weighted by molar-refractivity contribution is -0.113. The van der Waals surface area contributed by atoms with Crippen LogP contribution in [0.25, 0.3) is 0 Å². The van der Waals surface area contributed by atoms with Gasteiger partial charge < -0.3 is 10.3 Å². The molecule has 1 aromatic heterocycles. The lowest BCUT2D eigenvalue weighted by Crippen LogP contribution is -2.20. The zero-order chi connectivity index (χ0) is 21.9. The molecule has 0 saturated carbocycles. The third-order valence-electron chi connectivity index (χ3n) is 4.31. The number of nitrogens with zero attached hydrogens (tertiary/aromatic N) is 1. The number of hydrogen-bond donors (Lipinski definition) is 2. The number of carbonyl (C=O) groups excluding carboxylic acids is 1. The fourth-order valence-corrected chi connectivity index (χ4v) is 4.99. The third-order valence-corrected chi connectivity index (χ3v) is 7.08. The first-order chi connectivity index (χ1) is 14.2. The molecule has 2 N–H and O–H groups in total. The Labute approximate surface area is 178 Å². The lowest BCUT2D eigenvalue weighted by Gasteiger charge is -2.09. The summed E-state index contributed by atoms with van der Waals surface area (Å²) < 4.78 is 25.8. The van der Waals surface area contributed by atoms with Crippen LogP contribution in [-0.2, 0) is 14.6 Å². The van der Waals surface area contributed by atoms with E-state index in [-0.39, 0.29) is 21.7 Å². The maximum absolute atomic E-state index is 12.9. The highest BCUT2D eigenvalue weighted by molar-refractivity contribution is 7.99. The highest BCUT2D eigenvalue weighted by Crippen LogP contribution is 2.23. The number of sulfone groups is 1. The van der Waals surface area contributed by atoms with Crippen molar-refractivity contribution >= 4 is 33.2 Å². The standard InChI is InChI=1S/C21H21N3O4S2/c1-13-5-4-6-16(9-13)23-19(25)12-29-21-22-11-18(20(26)24-21)30(27,28)17-10-14(2)7-8-15(17)3/h4-11H,12H2,1-3H3,(H,23,25)(H,22,24,26). The Morgan fingerprint density at radius 2 is 1.80 bits per heavy atom. The molecular weight excluding hydrogens is 422 g/mol. The number of anilines is 1. The summed E-state index contributed by atoms with van der Waals surface area (Å²) >= 11 is 1.01. The summed E-state index contributed by atoms with van der Waals surface area (Å²) in [5.74, 6) is -0.250. The van der Waals surface area contributed by atoms with Gasteiger partial charge in [0, 0.05) is 5.69 Å². The molecule has 0 aliphatic carbocycles. The van der Waals surface area contributed by atoms with Gasteiger partial charge in [-0.05, 0) is 55.7 Å². The van der Waals surface area contributed by atoms with Crippen molar-refractivity contribution in [1.29, 1.82) is 0 Å². The van der Waals surface area contributed by atoms with Crippen molar-refractivity contribution in [1.82, 2.24) is 9.97 Å². The highest BCUT2D eigenvalue weighted by Gasteiger charge is 2.24. The predicted molar refractivity (Wildman–Crippen MR) is 117 cm³/mol. The van der Waals surface area contributed by atoms with Crippen LogP contribution in [-0.4, -0.2) is 30.0 Å². The Bertz CT molecular complexity index is 1270. The molecule has 1 amide bonds. The fourth-order valence-electron chi connectivity index (χ4n) is 2.80. The van der Waals surface area contributed by atoms with Crippen LogP contribution in [0.3, 0.4) is 0 Å².